The lowest BCUT2D eigenvalue weighted by Gasteiger charge is -2.20. The normalized spacial score (nSPS) is 15.4. The molecule has 0 saturated carbocycles. The van der Waals surface area contributed by atoms with Crippen molar-refractivity contribution >= 4 is 5.97 Å². The van der Waals surface area contributed by atoms with E-state index in [1.54, 1.807) is 6.08 Å². The molecule has 2 unspecified atom stereocenters. The lowest BCUT2D eigenvalue weighted by atomic mass is 9.85. The third kappa shape index (κ3) is 4.71. The Morgan fingerprint density at radius 1 is 1.46 bits per heavy atom. The van der Waals surface area contributed by atoms with Gasteiger partial charge in [0, 0.05) is 0 Å². The van der Waals surface area contributed by atoms with E-state index < -0.39 is 5.97 Å². The first-order chi connectivity index (χ1) is 5.99. The van der Waals surface area contributed by atoms with Gasteiger partial charge in [-0.2, -0.15) is 0 Å². The summed E-state index contributed by atoms with van der Waals surface area (Å²) in [7, 11) is 0. The maximum absolute atomic E-state index is 10.9. The second kappa shape index (κ2) is 5.79. The fourth-order valence-electron chi connectivity index (χ4n) is 1.51. The Bertz CT molecular complexity index is 173. The standard InChI is InChI=1S/C11H20O2/c1-5-6-9(4)10(11(12)13)7-8(2)3/h5,8-10H,1,6-7H2,2-4H3,(H,12,13). The van der Waals surface area contributed by atoms with Crippen LogP contribution < -0.4 is 0 Å². The van der Waals surface area contributed by atoms with Crippen molar-refractivity contribution in [1.82, 2.24) is 0 Å². The molecular weight excluding hydrogens is 164 g/mol. The van der Waals surface area contributed by atoms with Crippen LogP contribution in [0.25, 0.3) is 0 Å². The minimum atomic E-state index is -0.678. The van der Waals surface area contributed by atoms with Gasteiger partial charge in [0.1, 0.15) is 0 Å². The monoisotopic (exact) mass is 184 g/mol. The largest absolute Gasteiger partial charge is 0.481 e. The molecule has 2 nitrogen and oxygen atoms in total. The van der Waals surface area contributed by atoms with E-state index in [1.807, 2.05) is 6.92 Å². The van der Waals surface area contributed by atoms with E-state index in [9.17, 15) is 4.79 Å². The number of carbonyl (C=O) groups is 1. The second-order valence-electron chi connectivity index (χ2n) is 4.08. The van der Waals surface area contributed by atoms with Gasteiger partial charge in [-0.05, 0) is 24.7 Å². The maximum Gasteiger partial charge on any atom is 0.306 e. The van der Waals surface area contributed by atoms with Crippen molar-refractivity contribution < 1.29 is 9.90 Å². The lowest BCUT2D eigenvalue weighted by Crippen LogP contribution is -2.23. The summed E-state index contributed by atoms with van der Waals surface area (Å²) in [5, 5.41) is 8.98. The van der Waals surface area contributed by atoms with Crippen LogP contribution in [-0.2, 0) is 4.79 Å². The van der Waals surface area contributed by atoms with Gasteiger partial charge < -0.3 is 5.11 Å². The van der Waals surface area contributed by atoms with Crippen molar-refractivity contribution in [2.75, 3.05) is 0 Å². The van der Waals surface area contributed by atoms with Crippen LogP contribution >= 0.6 is 0 Å². The van der Waals surface area contributed by atoms with Gasteiger partial charge >= 0.3 is 5.97 Å². The van der Waals surface area contributed by atoms with Gasteiger partial charge in [0.25, 0.3) is 0 Å². The van der Waals surface area contributed by atoms with Crippen molar-refractivity contribution in [3.05, 3.63) is 12.7 Å². The highest BCUT2D eigenvalue weighted by Gasteiger charge is 2.24. The molecule has 13 heavy (non-hydrogen) atoms. The molecule has 1 N–H and O–H groups in total. The van der Waals surface area contributed by atoms with E-state index in [-0.39, 0.29) is 11.8 Å². The highest BCUT2D eigenvalue weighted by molar-refractivity contribution is 5.70. The molecule has 0 aliphatic rings. The van der Waals surface area contributed by atoms with Crippen molar-refractivity contribution in [3.63, 3.8) is 0 Å². The average Bonchev–Trinajstić information content (AvgIpc) is 1.99. The molecule has 0 bridgehead atoms. The first kappa shape index (κ1) is 12.2. The van der Waals surface area contributed by atoms with E-state index in [0.29, 0.717) is 5.92 Å². The van der Waals surface area contributed by atoms with E-state index in [0.717, 1.165) is 12.8 Å². The van der Waals surface area contributed by atoms with Crippen LogP contribution in [0.2, 0.25) is 0 Å². The lowest BCUT2D eigenvalue weighted by molar-refractivity contribution is -0.144. The third-order valence-electron chi connectivity index (χ3n) is 2.27. The summed E-state index contributed by atoms with van der Waals surface area (Å²) in [4.78, 5) is 10.9. The van der Waals surface area contributed by atoms with Crippen LogP contribution in [0.5, 0.6) is 0 Å². The first-order valence-corrected chi connectivity index (χ1v) is 4.82. The van der Waals surface area contributed by atoms with Gasteiger partial charge in [-0.25, -0.2) is 0 Å². The Hall–Kier alpha value is -0.790. The quantitative estimate of drug-likeness (QED) is 0.644. The van der Waals surface area contributed by atoms with Gasteiger partial charge in [-0.3, -0.25) is 4.79 Å². The second-order valence-corrected chi connectivity index (χ2v) is 4.08. The predicted octanol–water partition coefficient (Wildman–Crippen LogP) is 2.95. The summed E-state index contributed by atoms with van der Waals surface area (Å²) in [6.45, 7) is 9.71. The number of hydrogen-bond donors (Lipinski definition) is 1. The molecule has 0 saturated heterocycles. The molecule has 0 aliphatic carbocycles. The zero-order valence-corrected chi connectivity index (χ0v) is 8.79. The van der Waals surface area contributed by atoms with Crippen LogP contribution in [0.15, 0.2) is 12.7 Å². The summed E-state index contributed by atoms with van der Waals surface area (Å²) < 4.78 is 0. The molecule has 0 spiro atoms. The number of hydrogen-bond acceptors (Lipinski definition) is 1. The van der Waals surface area contributed by atoms with Crippen LogP contribution in [0.4, 0.5) is 0 Å². The third-order valence-corrected chi connectivity index (χ3v) is 2.27. The van der Waals surface area contributed by atoms with Crippen LogP contribution in [0, 0.1) is 17.8 Å². The fourth-order valence-corrected chi connectivity index (χ4v) is 1.51. The van der Waals surface area contributed by atoms with Crippen molar-refractivity contribution in [2.45, 2.75) is 33.6 Å². The molecule has 0 rings (SSSR count). The molecule has 0 aromatic rings. The minimum absolute atomic E-state index is 0.192. The van der Waals surface area contributed by atoms with Gasteiger partial charge in [0.15, 0.2) is 0 Å². The van der Waals surface area contributed by atoms with Gasteiger partial charge in [-0.1, -0.05) is 26.8 Å². The molecule has 2 heteroatoms. The molecule has 2 atom stereocenters. The van der Waals surface area contributed by atoms with Gasteiger partial charge in [-0.15, -0.1) is 6.58 Å². The Balaban J connectivity index is 4.22. The highest BCUT2D eigenvalue weighted by atomic mass is 16.4. The Morgan fingerprint density at radius 3 is 2.31 bits per heavy atom. The molecule has 0 aromatic carbocycles. The summed E-state index contributed by atoms with van der Waals surface area (Å²) in [5.41, 5.74) is 0. The molecule has 0 amide bonds. The first-order valence-electron chi connectivity index (χ1n) is 4.82. The van der Waals surface area contributed by atoms with Crippen molar-refractivity contribution in [3.8, 4) is 0 Å². The fraction of sp³-hybridized carbons (Fsp3) is 0.727. The Labute approximate surface area is 80.7 Å². The van der Waals surface area contributed by atoms with Crippen LogP contribution in [-0.4, -0.2) is 11.1 Å². The van der Waals surface area contributed by atoms with Gasteiger partial charge in [0.05, 0.1) is 5.92 Å². The SMILES string of the molecule is C=CCC(C)C(CC(C)C)C(=O)O. The number of rotatable bonds is 6. The predicted molar refractivity (Wildman–Crippen MR) is 54.6 cm³/mol. The molecular formula is C11H20O2. The highest BCUT2D eigenvalue weighted by Crippen LogP contribution is 2.23. The number of carboxylic acids is 1. The molecule has 0 aliphatic heterocycles. The smallest absolute Gasteiger partial charge is 0.306 e. The number of carboxylic acid groups (broad SMARTS) is 1. The zero-order chi connectivity index (χ0) is 10.4. The summed E-state index contributed by atoms with van der Waals surface area (Å²) >= 11 is 0. The zero-order valence-electron chi connectivity index (χ0n) is 8.79. The van der Waals surface area contributed by atoms with E-state index >= 15 is 0 Å². The van der Waals surface area contributed by atoms with Crippen molar-refractivity contribution in [1.29, 1.82) is 0 Å². The Kier molecular flexibility index (Phi) is 5.44. The molecule has 0 radical (unpaired) electrons. The van der Waals surface area contributed by atoms with Crippen molar-refractivity contribution in [2.24, 2.45) is 17.8 Å². The number of allylic oxidation sites excluding steroid dienone is 1. The molecule has 0 aromatic heterocycles. The molecule has 0 heterocycles. The molecule has 76 valence electrons. The Morgan fingerprint density at radius 2 is 2.00 bits per heavy atom. The minimum Gasteiger partial charge on any atom is -0.481 e. The summed E-state index contributed by atoms with van der Waals surface area (Å²) in [5.74, 6) is -0.271. The van der Waals surface area contributed by atoms with Gasteiger partial charge in [0.2, 0.25) is 0 Å². The maximum atomic E-state index is 10.9. The summed E-state index contributed by atoms with van der Waals surface area (Å²) in [6, 6.07) is 0. The van der Waals surface area contributed by atoms with Crippen LogP contribution in [0.1, 0.15) is 33.6 Å². The average molecular weight is 184 g/mol. The van der Waals surface area contributed by atoms with E-state index in [4.69, 9.17) is 5.11 Å². The number of aliphatic carboxylic acids is 1. The van der Waals surface area contributed by atoms with E-state index in [2.05, 4.69) is 20.4 Å². The topological polar surface area (TPSA) is 37.3 Å². The summed E-state index contributed by atoms with van der Waals surface area (Å²) in [6.07, 6.45) is 3.33. The van der Waals surface area contributed by atoms with Crippen LogP contribution in [0.3, 0.4) is 0 Å². The van der Waals surface area contributed by atoms with E-state index in [1.165, 1.54) is 0 Å². The molecule has 0 fully saturated rings.